The van der Waals surface area contributed by atoms with Gasteiger partial charge >= 0.3 is 0 Å². The number of benzene rings is 1. The molecule has 0 heterocycles. The standard InChI is InChI=1S/C49H94N/c1-8-10-12-14-16-18-20-22-24-25-27-29-31-33-35-37-40-50(41-38-45(3)4,44-49-47(6)42-46(5)43-48(49)7)39-36-34-32-30-28-26-23-21-19-17-15-13-11-9-2/h42-43,45H,8-41,44H2,1-7H3/q+1. The molecule has 0 aromatic heterocycles. The summed E-state index contributed by atoms with van der Waals surface area (Å²) in [5.74, 6) is 0.787. The van der Waals surface area contributed by atoms with Crippen molar-refractivity contribution in [3.05, 3.63) is 34.4 Å². The van der Waals surface area contributed by atoms with Crippen LogP contribution in [0.15, 0.2) is 12.1 Å². The smallest absolute Gasteiger partial charge is 0.105 e. The van der Waals surface area contributed by atoms with Gasteiger partial charge in [0.15, 0.2) is 0 Å². The second kappa shape index (κ2) is 32.8. The van der Waals surface area contributed by atoms with E-state index in [1.807, 2.05) is 0 Å². The summed E-state index contributed by atoms with van der Waals surface area (Å²) >= 11 is 0. The van der Waals surface area contributed by atoms with Crippen molar-refractivity contribution in [2.45, 2.75) is 254 Å². The molecular weight excluding hydrogens is 603 g/mol. The third-order valence-corrected chi connectivity index (χ3v) is 12.0. The summed E-state index contributed by atoms with van der Waals surface area (Å²) in [5, 5.41) is 0. The lowest BCUT2D eigenvalue weighted by atomic mass is 9.97. The molecule has 0 spiro atoms. The first-order valence-corrected chi connectivity index (χ1v) is 23.3. The summed E-state index contributed by atoms with van der Waals surface area (Å²) in [5.41, 5.74) is 6.14. The normalized spacial score (nSPS) is 13.0. The van der Waals surface area contributed by atoms with Gasteiger partial charge in [-0.2, -0.15) is 0 Å². The molecule has 0 saturated carbocycles. The molecule has 1 heteroatoms. The molecule has 1 aromatic rings. The van der Waals surface area contributed by atoms with Crippen molar-refractivity contribution in [1.82, 2.24) is 0 Å². The Balaban J connectivity index is 2.49. The Morgan fingerprint density at radius 2 is 0.680 bits per heavy atom. The SMILES string of the molecule is CCCCCCCCCCCCCCCCCC[N+](CCCCCCCCCCCCCCCC)(CCC(C)C)Cc1c(C)cc(C)cc1C. The summed E-state index contributed by atoms with van der Waals surface area (Å²) in [6, 6.07) is 4.89. The average molecular weight is 697 g/mol. The molecule has 1 atom stereocenters. The zero-order chi connectivity index (χ0) is 36.5. The van der Waals surface area contributed by atoms with E-state index in [2.05, 4.69) is 60.6 Å². The molecule has 1 unspecified atom stereocenters. The zero-order valence-electron chi connectivity index (χ0n) is 35.9. The van der Waals surface area contributed by atoms with Crippen molar-refractivity contribution in [3.8, 4) is 0 Å². The van der Waals surface area contributed by atoms with E-state index in [9.17, 15) is 0 Å². The third-order valence-electron chi connectivity index (χ3n) is 12.0. The van der Waals surface area contributed by atoms with Gasteiger partial charge < -0.3 is 4.48 Å². The average Bonchev–Trinajstić information content (AvgIpc) is 3.08. The van der Waals surface area contributed by atoms with E-state index in [1.54, 1.807) is 5.56 Å². The predicted octanol–water partition coefficient (Wildman–Crippen LogP) is 16.7. The fourth-order valence-electron chi connectivity index (χ4n) is 8.54. The number of quaternary nitrogens is 1. The van der Waals surface area contributed by atoms with Crippen molar-refractivity contribution in [2.24, 2.45) is 5.92 Å². The Morgan fingerprint density at radius 3 is 0.960 bits per heavy atom. The molecule has 294 valence electrons. The number of rotatable bonds is 37. The number of hydrogen-bond donors (Lipinski definition) is 0. The van der Waals surface area contributed by atoms with Gasteiger partial charge in [-0.15, -0.1) is 0 Å². The molecule has 1 aromatic carbocycles. The first kappa shape index (κ1) is 47.2. The van der Waals surface area contributed by atoms with Crippen LogP contribution in [0.4, 0.5) is 0 Å². The lowest BCUT2D eigenvalue weighted by Gasteiger charge is -2.41. The fourth-order valence-corrected chi connectivity index (χ4v) is 8.54. The van der Waals surface area contributed by atoms with Gasteiger partial charge in [-0.05, 0) is 69.9 Å². The van der Waals surface area contributed by atoms with Gasteiger partial charge in [0.25, 0.3) is 0 Å². The second-order valence-corrected chi connectivity index (χ2v) is 17.6. The van der Waals surface area contributed by atoms with E-state index in [1.165, 1.54) is 246 Å². The highest BCUT2D eigenvalue weighted by molar-refractivity contribution is 5.37. The van der Waals surface area contributed by atoms with Crippen LogP contribution in [0.2, 0.25) is 0 Å². The van der Waals surface area contributed by atoms with Crippen molar-refractivity contribution in [3.63, 3.8) is 0 Å². The summed E-state index contributed by atoms with van der Waals surface area (Å²) in [7, 11) is 0. The van der Waals surface area contributed by atoms with Crippen molar-refractivity contribution < 1.29 is 4.48 Å². The largest absolute Gasteiger partial charge is 0.320 e. The molecule has 0 aliphatic heterocycles. The Labute approximate surface area is 317 Å². The van der Waals surface area contributed by atoms with Crippen molar-refractivity contribution in [1.29, 1.82) is 0 Å². The molecule has 0 N–H and O–H groups in total. The Kier molecular flexibility index (Phi) is 31.0. The lowest BCUT2D eigenvalue weighted by molar-refractivity contribution is -0.942. The topological polar surface area (TPSA) is 0 Å². The number of nitrogens with zero attached hydrogens (tertiary/aromatic N) is 1. The fraction of sp³-hybridized carbons (Fsp3) is 0.878. The minimum atomic E-state index is 0.787. The second-order valence-electron chi connectivity index (χ2n) is 17.6. The molecule has 0 radical (unpaired) electrons. The minimum absolute atomic E-state index is 0.787. The highest BCUT2D eigenvalue weighted by atomic mass is 15.3. The highest BCUT2D eigenvalue weighted by Gasteiger charge is 2.28. The summed E-state index contributed by atoms with van der Waals surface area (Å²) < 4.78 is 1.33. The highest BCUT2D eigenvalue weighted by Crippen LogP contribution is 2.27. The van der Waals surface area contributed by atoms with Gasteiger partial charge in [0.1, 0.15) is 6.54 Å². The van der Waals surface area contributed by atoms with Crippen LogP contribution in [-0.2, 0) is 6.54 Å². The van der Waals surface area contributed by atoms with Crippen LogP contribution < -0.4 is 0 Å². The zero-order valence-corrected chi connectivity index (χ0v) is 35.9. The quantitative estimate of drug-likeness (QED) is 0.0480. The van der Waals surface area contributed by atoms with Crippen LogP contribution in [0.1, 0.15) is 249 Å². The van der Waals surface area contributed by atoms with Crippen LogP contribution in [0.3, 0.4) is 0 Å². The van der Waals surface area contributed by atoms with E-state index < -0.39 is 0 Å². The monoisotopic (exact) mass is 697 g/mol. The van der Waals surface area contributed by atoms with E-state index in [0.717, 1.165) is 5.92 Å². The summed E-state index contributed by atoms with van der Waals surface area (Å²) in [4.78, 5) is 0. The van der Waals surface area contributed by atoms with Crippen LogP contribution >= 0.6 is 0 Å². The van der Waals surface area contributed by atoms with Crippen LogP contribution in [0.25, 0.3) is 0 Å². The Hall–Kier alpha value is -0.820. The molecule has 1 rings (SSSR count). The molecule has 0 aliphatic carbocycles. The van der Waals surface area contributed by atoms with E-state index in [4.69, 9.17) is 0 Å². The maximum atomic E-state index is 2.45. The summed E-state index contributed by atoms with van der Waals surface area (Å²) in [6.07, 6.45) is 44.9. The van der Waals surface area contributed by atoms with E-state index in [-0.39, 0.29) is 0 Å². The third kappa shape index (κ3) is 26.0. The predicted molar refractivity (Wildman–Crippen MR) is 229 cm³/mol. The number of aryl methyl sites for hydroxylation is 3. The Morgan fingerprint density at radius 1 is 0.400 bits per heavy atom. The maximum absolute atomic E-state index is 2.45. The van der Waals surface area contributed by atoms with Gasteiger partial charge in [-0.1, -0.05) is 212 Å². The molecule has 0 amide bonds. The first-order chi connectivity index (χ1) is 24.3. The van der Waals surface area contributed by atoms with Gasteiger partial charge in [0.2, 0.25) is 0 Å². The first-order valence-electron chi connectivity index (χ1n) is 23.3. The minimum Gasteiger partial charge on any atom is -0.320 e. The molecule has 0 saturated heterocycles. The van der Waals surface area contributed by atoms with Gasteiger partial charge in [-0.25, -0.2) is 0 Å². The van der Waals surface area contributed by atoms with Crippen molar-refractivity contribution in [2.75, 3.05) is 19.6 Å². The molecule has 0 aliphatic rings. The molecule has 0 fully saturated rings. The van der Waals surface area contributed by atoms with Crippen LogP contribution in [0.5, 0.6) is 0 Å². The van der Waals surface area contributed by atoms with Crippen LogP contribution in [0, 0.1) is 26.7 Å². The van der Waals surface area contributed by atoms with Gasteiger partial charge in [-0.3, -0.25) is 0 Å². The maximum Gasteiger partial charge on any atom is 0.105 e. The lowest BCUT2D eigenvalue weighted by Crippen LogP contribution is -2.50. The molecule has 50 heavy (non-hydrogen) atoms. The number of unbranched alkanes of at least 4 members (excludes halogenated alkanes) is 28. The molecule has 1 nitrogen and oxygen atoms in total. The Bertz CT molecular complexity index is 847. The number of hydrogen-bond acceptors (Lipinski definition) is 0. The van der Waals surface area contributed by atoms with Crippen LogP contribution in [-0.4, -0.2) is 24.1 Å². The van der Waals surface area contributed by atoms with Gasteiger partial charge in [0.05, 0.1) is 19.6 Å². The molecular formula is C49H94N+. The molecule has 0 bridgehead atoms. The van der Waals surface area contributed by atoms with Crippen molar-refractivity contribution >= 4 is 0 Å². The van der Waals surface area contributed by atoms with E-state index in [0.29, 0.717) is 0 Å². The summed E-state index contributed by atoms with van der Waals surface area (Å²) in [6.45, 7) is 21.9. The van der Waals surface area contributed by atoms with Gasteiger partial charge in [0, 0.05) is 5.56 Å². The van der Waals surface area contributed by atoms with E-state index >= 15 is 0 Å².